The summed E-state index contributed by atoms with van der Waals surface area (Å²) in [6.07, 6.45) is 3.42. The molecule has 0 amide bonds. The molecule has 0 aromatic rings. The first-order valence-electron chi connectivity index (χ1n) is 5.49. The van der Waals surface area contributed by atoms with E-state index < -0.39 is 6.10 Å². The normalized spacial score (nSPS) is 13.1. The van der Waals surface area contributed by atoms with Crippen LogP contribution >= 0.6 is 0 Å². The monoisotopic (exact) mass is 201 g/mol. The van der Waals surface area contributed by atoms with Crippen molar-refractivity contribution in [3.63, 3.8) is 0 Å². The zero-order valence-electron chi connectivity index (χ0n) is 9.33. The van der Waals surface area contributed by atoms with Crippen LogP contribution in [-0.4, -0.2) is 30.6 Å². The topological polar surface area (TPSA) is 49.3 Å². The predicted octanol–water partition coefficient (Wildman–Crippen LogP) is 1.35. The van der Waals surface area contributed by atoms with Gasteiger partial charge in [-0.25, -0.2) is 0 Å². The minimum Gasteiger partial charge on any atom is -0.393 e. The van der Waals surface area contributed by atoms with Crippen molar-refractivity contribution in [1.82, 2.24) is 5.32 Å². The number of carbonyl (C=O) groups is 1. The third-order valence-electron chi connectivity index (χ3n) is 2.06. The van der Waals surface area contributed by atoms with Crippen molar-refractivity contribution in [1.29, 1.82) is 0 Å². The number of rotatable bonds is 9. The Labute approximate surface area is 86.9 Å². The lowest BCUT2D eigenvalue weighted by Crippen LogP contribution is -2.21. The number of hydrogen-bond donors (Lipinski definition) is 2. The molecule has 3 heteroatoms. The van der Waals surface area contributed by atoms with E-state index in [0.29, 0.717) is 5.92 Å². The Kier molecular flexibility index (Phi) is 8.89. The van der Waals surface area contributed by atoms with Crippen molar-refractivity contribution in [3.8, 4) is 0 Å². The van der Waals surface area contributed by atoms with Gasteiger partial charge in [-0.05, 0) is 38.3 Å². The molecule has 3 nitrogen and oxygen atoms in total. The van der Waals surface area contributed by atoms with Crippen LogP contribution in [0.4, 0.5) is 0 Å². The minimum atomic E-state index is -0.433. The summed E-state index contributed by atoms with van der Waals surface area (Å²) in [5.74, 6) is 0.690. The molecule has 2 N–H and O–H groups in total. The summed E-state index contributed by atoms with van der Waals surface area (Å²) in [4.78, 5) is 10.1. The van der Waals surface area contributed by atoms with Gasteiger partial charge in [0.2, 0.25) is 0 Å². The van der Waals surface area contributed by atoms with E-state index >= 15 is 0 Å². The van der Waals surface area contributed by atoms with E-state index in [0.717, 1.165) is 38.6 Å². The Morgan fingerprint density at radius 2 is 2.07 bits per heavy atom. The molecular formula is C11H23NO2. The summed E-state index contributed by atoms with van der Waals surface area (Å²) in [5, 5.41) is 12.6. The summed E-state index contributed by atoms with van der Waals surface area (Å²) in [6.45, 7) is 6.42. The Morgan fingerprint density at radius 1 is 1.36 bits per heavy atom. The Bertz CT molecular complexity index is 137. The molecule has 0 aliphatic heterocycles. The number of hydrogen-bond acceptors (Lipinski definition) is 3. The number of aldehydes is 1. The number of aliphatic hydroxyl groups excluding tert-OH is 1. The molecular weight excluding hydrogens is 178 g/mol. The molecule has 1 atom stereocenters. The average Bonchev–Trinajstić information content (AvgIpc) is 2.11. The van der Waals surface area contributed by atoms with Crippen LogP contribution in [0.3, 0.4) is 0 Å². The highest BCUT2D eigenvalue weighted by atomic mass is 16.3. The molecule has 0 aliphatic rings. The van der Waals surface area contributed by atoms with Gasteiger partial charge >= 0.3 is 0 Å². The van der Waals surface area contributed by atoms with E-state index in [4.69, 9.17) is 0 Å². The molecule has 0 radical (unpaired) electrons. The van der Waals surface area contributed by atoms with Crippen LogP contribution in [0, 0.1) is 5.92 Å². The maximum absolute atomic E-state index is 10.1. The zero-order chi connectivity index (χ0) is 10.8. The number of carbonyl (C=O) groups excluding carboxylic acids is 1. The van der Waals surface area contributed by atoms with Gasteiger partial charge in [-0.2, -0.15) is 0 Å². The second-order valence-corrected chi connectivity index (χ2v) is 4.15. The van der Waals surface area contributed by atoms with E-state index in [1.165, 1.54) is 0 Å². The lowest BCUT2D eigenvalue weighted by atomic mass is 10.1. The summed E-state index contributed by atoms with van der Waals surface area (Å²) < 4.78 is 0. The SMILES string of the molecule is CC(C)CNCCCCC(O)CC=O. The van der Waals surface area contributed by atoms with Gasteiger partial charge in [0, 0.05) is 6.42 Å². The summed E-state index contributed by atoms with van der Waals surface area (Å²) in [5.41, 5.74) is 0. The quantitative estimate of drug-likeness (QED) is 0.437. The van der Waals surface area contributed by atoms with Crippen molar-refractivity contribution in [3.05, 3.63) is 0 Å². The number of unbranched alkanes of at least 4 members (excludes halogenated alkanes) is 1. The predicted molar refractivity (Wildman–Crippen MR) is 58.2 cm³/mol. The average molecular weight is 201 g/mol. The van der Waals surface area contributed by atoms with Crippen LogP contribution in [-0.2, 0) is 4.79 Å². The van der Waals surface area contributed by atoms with E-state index in [-0.39, 0.29) is 6.42 Å². The fourth-order valence-corrected chi connectivity index (χ4v) is 1.25. The fourth-order valence-electron chi connectivity index (χ4n) is 1.25. The minimum absolute atomic E-state index is 0.277. The van der Waals surface area contributed by atoms with Gasteiger partial charge < -0.3 is 15.2 Å². The summed E-state index contributed by atoms with van der Waals surface area (Å²) in [6, 6.07) is 0. The molecule has 0 spiro atoms. The molecule has 0 heterocycles. The van der Waals surface area contributed by atoms with Gasteiger partial charge in [0.05, 0.1) is 6.10 Å². The molecule has 0 bridgehead atoms. The van der Waals surface area contributed by atoms with Crippen molar-refractivity contribution in [2.45, 2.75) is 45.6 Å². The molecule has 1 unspecified atom stereocenters. The van der Waals surface area contributed by atoms with Gasteiger partial charge in [-0.15, -0.1) is 0 Å². The first-order valence-corrected chi connectivity index (χ1v) is 5.49. The molecule has 0 saturated heterocycles. The lowest BCUT2D eigenvalue weighted by molar-refractivity contribution is -0.109. The van der Waals surface area contributed by atoms with Crippen LogP contribution in [0.15, 0.2) is 0 Å². The van der Waals surface area contributed by atoms with Crippen molar-refractivity contribution < 1.29 is 9.90 Å². The van der Waals surface area contributed by atoms with Gasteiger partial charge in [0.1, 0.15) is 6.29 Å². The van der Waals surface area contributed by atoms with Crippen LogP contribution < -0.4 is 5.32 Å². The summed E-state index contributed by atoms with van der Waals surface area (Å²) >= 11 is 0. The smallest absolute Gasteiger partial charge is 0.122 e. The molecule has 0 fully saturated rings. The Morgan fingerprint density at radius 3 is 2.64 bits per heavy atom. The number of nitrogens with one attached hydrogen (secondary N) is 1. The fraction of sp³-hybridized carbons (Fsp3) is 0.909. The highest BCUT2D eigenvalue weighted by Gasteiger charge is 2.01. The maximum atomic E-state index is 10.1. The van der Waals surface area contributed by atoms with E-state index in [2.05, 4.69) is 19.2 Å². The van der Waals surface area contributed by atoms with Gasteiger partial charge in [0.15, 0.2) is 0 Å². The molecule has 0 saturated carbocycles. The Hall–Kier alpha value is -0.410. The first kappa shape index (κ1) is 13.6. The third-order valence-corrected chi connectivity index (χ3v) is 2.06. The van der Waals surface area contributed by atoms with Crippen molar-refractivity contribution >= 4 is 6.29 Å². The standard InChI is InChI=1S/C11H23NO2/c1-10(2)9-12-7-4-3-5-11(14)6-8-13/h8,10-12,14H,3-7,9H2,1-2H3. The van der Waals surface area contributed by atoms with Crippen LogP contribution in [0.1, 0.15) is 39.5 Å². The highest BCUT2D eigenvalue weighted by Crippen LogP contribution is 2.02. The van der Waals surface area contributed by atoms with Crippen LogP contribution in [0.2, 0.25) is 0 Å². The van der Waals surface area contributed by atoms with Gasteiger partial charge in [-0.3, -0.25) is 0 Å². The highest BCUT2D eigenvalue weighted by molar-refractivity contribution is 5.49. The third kappa shape index (κ3) is 9.68. The molecule has 0 aliphatic carbocycles. The lowest BCUT2D eigenvalue weighted by Gasteiger charge is -2.08. The van der Waals surface area contributed by atoms with Gasteiger partial charge in [-0.1, -0.05) is 13.8 Å². The number of aliphatic hydroxyl groups is 1. The van der Waals surface area contributed by atoms with E-state index in [9.17, 15) is 9.90 Å². The zero-order valence-corrected chi connectivity index (χ0v) is 9.33. The second kappa shape index (κ2) is 9.16. The van der Waals surface area contributed by atoms with Crippen molar-refractivity contribution in [2.24, 2.45) is 5.92 Å². The second-order valence-electron chi connectivity index (χ2n) is 4.15. The molecule has 0 aromatic heterocycles. The van der Waals surface area contributed by atoms with Crippen LogP contribution in [0.25, 0.3) is 0 Å². The molecule has 84 valence electrons. The molecule has 0 rings (SSSR count). The van der Waals surface area contributed by atoms with Crippen LogP contribution in [0.5, 0.6) is 0 Å². The molecule has 0 aromatic carbocycles. The largest absolute Gasteiger partial charge is 0.393 e. The maximum Gasteiger partial charge on any atom is 0.122 e. The first-order chi connectivity index (χ1) is 6.66. The van der Waals surface area contributed by atoms with Crippen molar-refractivity contribution in [2.75, 3.05) is 13.1 Å². The Balaban J connectivity index is 3.09. The molecule has 14 heavy (non-hydrogen) atoms. The van der Waals surface area contributed by atoms with E-state index in [1.54, 1.807) is 0 Å². The van der Waals surface area contributed by atoms with E-state index in [1.807, 2.05) is 0 Å². The summed E-state index contributed by atoms with van der Waals surface area (Å²) in [7, 11) is 0. The van der Waals surface area contributed by atoms with Gasteiger partial charge in [0.25, 0.3) is 0 Å².